The number of likely N-dealkylation sites (N-methyl/N-ethyl adjacent to an activating group) is 1. The van der Waals surface area contributed by atoms with Crippen LogP contribution in [0.2, 0.25) is 0 Å². The Labute approximate surface area is 84.8 Å². The molecule has 0 aliphatic heterocycles. The standard InChI is InChI=1S/C12H17NO/c1-13-12-5-8-2-9(6-12)4-10(3-8)11(12)7-14/h8-10,13H,2-6H2,1H3. The van der Waals surface area contributed by atoms with E-state index in [-0.39, 0.29) is 5.54 Å². The zero-order valence-electron chi connectivity index (χ0n) is 8.68. The minimum absolute atomic E-state index is 0.0521. The van der Waals surface area contributed by atoms with Gasteiger partial charge >= 0.3 is 0 Å². The van der Waals surface area contributed by atoms with Crippen LogP contribution in [0, 0.1) is 17.8 Å². The van der Waals surface area contributed by atoms with Gasteiger partial charge in [0.25, 0.3) is 0 Å². The van der Waals surface area contributed by atoms with Crippen molar-refractivity contribution < 1.29 is 4.79 Å². The average molecular weight is 191 g/mol. The lowest BCUT2D eigenvalue weighted by molar-refractivity contribution is 0.0370. The Morgan fingerprint density at radius 3 is 2.43 bits per heavy atom. The Balaban J connectivity index is 2.06. The molecule has 2 nitrogen and oxygen atoms in total. The molecule has 0 radical (unpaired) electrons. The molecule has 4 bridgehead atoms. The zero-order chi connectivity index (χ0) is 9.76. The highest BCUT2D eigenvalue weighted by Crippen LogP contribution is 2.57. The van der Waals surface area contributed by atoms with E-state index in [2.05, 4.69) is 11.3 Å². The summed E-state index contributed by atoms with van der Waals surface area (Å²) >= 11 is 0. The van der Waals surface area contributed by atoms with E-state index in [0.717, 1.165) is 17.4 Å². The normalized spacial score (nSPS) is 49.5. The van der Waals surface area contributed by atoms with E-state index in [1.165, 1.54) is 32.1 Å². The molecular formula is C12H17NO. The first-order valence-corrected chi connectivity index (χ1v) is 5.72. The summed E-state index contributed by atoms with van der Waals surface area (Å²) in [5.74, 6) is 4.55. The Kier molecular flexibility index (Phi) is 1.68. The summed E-state index contributed by atoms with van der Waals surface area (Å²) < 4.78 is 0. The van der Waals surface area contributed by atoms with Gasteiger partial charge in [0.2, 0.25) is 0 Å². The van der Waals surface area contributed by atoms with Crippen molar-refractivity contribution in [3.8, 4) is 0 Å². The molecular weight excluding hydrogens is 174 g/mol. The molecule has 0 amide bonds. The largest absolute Gasteiger partial charge is 0.310 e. The van der Waals surface area contributed by atoms with Gasteiger partial charge in [0.1, 0.15) is 5.94 Å². The summed E-state index contributed by atoms with van der Waals surface area (Å²) in [6, 6.07) is 0. The lowest BCUT2D eigenvalue weighted by atomic mass is 9.51. The predicted octanol–water partition coefficient (Wildman–Crippen LogP) is 1.54. The van der Waals surface area contributed by atoms with Gasteiger partial charge in [0.15, 0.2) is 0 Å². The van der Waals surface area contributed by atoms with Crippen molar-refractivity contribution in [3.63, 3.8) is 0 Å². The van der Waals surface area contributed by atoms with Crippen molar-refractivity contribution in [1.82, 2.24) is 5.32 Å². The monoisotopic (exact) mass is 191 g/mol. The SMILES string of the molecule is CNC12CC3CC(CC(C3)C1=C=O)C2. The summed E-state index contributed by atoms with van der Waals surface area (Å²) in [5, 5.41) is 3.41. The summed E-state index contributed by atoms with van der Waals surface area (Å²) in [6.45, 7) is 0. The third-order valence-electron chi connectivity index (χ3n) is 4.69. The van der Waals surface area contributed by atoms with Gasteiger partial charge in [-0.15, -0.1) is 0 Å². The average Bonchev–Trinajstić information content (AvgIpc) is 2.16. The van der Waals surface area contributed by atoms with Crippen LogP contribution in [0.4, 0.5) is 0 Å². The first-order valence-electron chi connectivity index (χ1n) is 5.72. The second kappa shape index (κ2) is 2.71. The molecule has 4 aliphatic carbocycles. The smallest absolute Gasteiger partial charge is 0.125 e. The first kappa shape index (κ1) is 8.70. The van der Waals surface area contributed by atoms with E-state index in [1.807, 2.05) is 7.05 Å². The Bertz CT molecular complexity index is 302. The van der Waals surface area contributed by atoms with Crippen LogP contribution in [0.1, 0.15) is 32.1 Å². The third-order valence-corrected chi connectivity index (χ3v) is 4.69. The molecule has 0 heterocycles. The van der Waals surface area contributed by atoms with Gasteiger partial charge in [-0.25, -0.2) is 4.79 Å². The van der Waals surface area contributed by atoms with E-state index < -0.39 is 0 Å². The molecule has 2 heteroatoms. The van der Waals surface area contributed by atoms with Crippen LogP contribution >= 0.6 is 0 Å². The fourth-order valence-corrected chi connectivity index (χ4v) is 4.33. The first-order chi connectivity index (χ1) is 6.77. The van der Waals surface area contributed by atoms with Crippen LogP contribution in [0.3, 0.4) is 0 Å². The number of rotatable bonds is 1. The lowest BCUT2D eigenvalue weighted by Crippen LogP contribution is -2.59. The fourth-order valence-electron chi connectivity index (χ4n) is 4.33. The van der Waals surface area contributed by atoms with Gasteiger partial charge in [0.05, 0.1) is 5.54 Å². The van der Waals surface area contributed by atoms with Crippen molar-refractivity contribution >= 4 is 5.94 Å². The number of hydrogen-bond acceptors (Lipinski definition) is 2. The zero-order valence-corrected chi connectivity index (χ0v) is 8.68. The summed E-state index contributed by atoms with van der Waals surface area (Å²) in [6.07, 6.45) is 6.28. The number of hydrogen-bond donors (Lipinski definition) is 1. The van der Waals surface area contributed by atoms with Crippen molar-refractivity contribution in [2.24, 2.45) is 17.8 Å². The van der Waals surface area contributed by atoms with Crippen LogP contribution in [0.25, 0.3) is 0 Å². The molecule has 1 N–H and O–H groups in total. The lowest BCUT2D eigenvalue weighted by Gasteiger charge is -2.56. The summed E-state index contributed by atoms with van der Waals surface area (Å²) in [5.41, 5.74) is 1.11. The van der Waals surface area contributed by atoms with Crippen molar-refractivity contribution in [3.05, 3.63) is 5.57 Å². The predicted molar refractivity (Wildman–Crippen MR) is 54.6 cm³/mol. The molecule has 0 saturated heterocycles. The third kappa shape index (κ3) is 0.933. The van der Waals surface area contributed by atoms with Crippen LogP contribution in [-0.2, 0) is 4.79 Å². The molecule has 4 aliphatic rings. The maximum Gasteiger partial charge on any atom is 0.125 e. The quantitative estimate of drug-likeness (QED) is 0.637. The highest BCUT2D eigenvalue weighted by Gasteiger charge is 2.54. The van der Waals surface area contributed by atoms with Crippen LogP contribution in [-0.4, -0.2) is 18.5 Å². The fraction of sp³-hybridized carbons (Fsp3) is 0.833. The van der Waals surface area contributed by atoms with Crippen molar-refractivity contribution in [2.75, 3.05) is 7.05 Å². The topological polar surface area (TPSA) is 29.1 Å². The van der Waals surface area contributed by atoms with E-state index in [9.17, 15) is 4.79 Å². The van der Waals surface area contributed by atoms with Gasteiger partial charge in [0, 0.05) is 5.57 Å². The molecule has 0 aromatic rings. The van der Waals surface area contributed by atoms with E-state index >= 15 is 0 Å². The van der Waals surface area contributed by atoms with E-state index in [1.54, 1.807) is 0 Å². The minimum atomic E-state index is 0.0521. The van der Waals surface area contributed by atoms with Crippen LogP contribution in [0.15, 0.2) is 5.57 Å². The highest BCUT2D eigenvalue weighted by atomic mass is 16.1. The Hall–Kier alpha value is -0.590. The van der Waals surface area contributed by atoms with Gasteiger partial charge in [-0.3, -0.25) is 0 Å². The maximum atomic E-state index is 11.1. The van der Waals surface area contributed by atoms with Crippen LogP contribution < -0.4 is 5.32 Å². The molecule has 2 atom stereocenters. The molecule has 0 aromatic carbocycles. The molecule has 0 aromatic heterocycles. The van der Waals surface area contributed by atoms with Crippen molar-refractivity contribution in [1.29, 1.82) is 0 Å². The molecule has 4 rings (SSSR count). The second-order valence-electron chi connectivity index (χ2n) is 5.39. The number of carbonyl (C=O) groups excluding carboxylic acids is 1. The molecule has 2 unspecified atom stereocenters. The minimum Gasteiger partial charge on any atom is -0.310 e. The summed E-state index contributed by atoms with van der Waals surface area (Å²) in [7, 11) is 2.00. The van der Waals surface area contributed by atoms with Gasteiger partial charge in [-0.2, -0.15) is 0 Å². The van der Waals surface area contributed by atoms with E-state index in [0.29, 0.717) is 5.92 Å². The second-order valence-corrected chi connectivity index (χ2v) is 5.39. The van der Waals surface area contributed by atoms with Gasteiger partial charge in [-0.1, -0.05) is 0 Å². The maximum absolute atomic E-state index is 11.1. The molecule has 4 fully saturated rings. The summed E-state index contributed by atoms with van der Waals surface area (Å²) in [4.78, 5) is 11.1. The molecule has 4 saturated carbocycles. The van der Waals surface area contributed by atoms with E-state index in [4.69, 9.17) is 0 Å². The molecule has 76 valence electrons. The molecule has 14 heavy (non-hydrogen) atoms. The Morgan fingerprint density at radius 2 is 1.93 bits per heavy atom. The van der Waals surface area contributed by atoms with Crippen molar-refractivity contribution in [2.45, 2.75) is 37.6 Å². The molecule has 0 spiro atoms. The van der Waals surface area contributed by atoms with Gasteiger partial charge < -0.3 is 5.32 Å². The van der Waals surface area contributed by atoms with Gasteiger partial charge in [-0.05, 0) is 56.9 Å². The van der Waals surface area contributed by atoms with Crippen LogP contribution in [0.5, 0.6) is 0 Å². The highest BCUT2D eigenvalue weighted by molar-refractivity contribution is 5.59. The number of nitrogens with one attached hydrogen (secondary N) is 1. The Morgan fingerprint density at radius 1 is 1.29 bits per heavy atom.